The van der Waals surface area contributed by atoms with Crippen LogP contribution in [0.3, 0.4) is 0 Å². The Morgan fingerprint density at radius 2 is 2.05 bits per heavy atom. The van der Waals surface area contributed by atoms with Crippen LogP contribution in [0.5, 0.6) is 0 Å². The van der Waals surface area contributed by atoms with Gasteiger partial charge in [-0.2, -0.15) is 0 Å². The fourth-order valence-corrected chi connectivity index (χ4v) is 2.47. The lowest BCUT2D eigenvalue weighted by Crippen LogP contribution is -2.20. The van der Waals surface area contributed by atoms with Crippen LogP contribution in [0.15, 0.2) is 35.7 Å². The van der Waals surface area contributed by atoms with E-state index in [2.05, 4.69) is 27.8 Å². The fraction of sp³-hybridized carbons (Fsp3) is 0.400. The first kappa shape index (κ1) is 14.2. The molecule has 0 saturated heterocycles. The van der Waals surface area contributed by atoms with E-state index in [-0.39, 0.29) is 0 Å². The third kappa shape index (κ3) is 4.74. The van der Waals surface area contributed by atoms with Crippen LogP contribution in [-0.2, 0) is 11.3 Å². The molecule has 0 saturated carbocycles. The molecule has 2 rings (SSSR count). The summed E-state index contributed by atoms with van der Waals surface area (Å²) < 4.78 is 5.47. The molecule has 2 aromatic rings. The summed E-state index contributed by atoms with van der Waals surface area (Å²) in [4.78, 5) is 4.63. The standard InChI is InChI=1S/C15H20N2OS/c1-12(2)18-9-8-16-10-15-17-14(11-19-15)13-6-4-3-5-7-13/h3-7,11-12,16H,8-10H2,1-2H3. The largest absolute Gasteiger partial charge is 0.377 e. The highest BCUT2D eigenvalue weighted by Crippen LogP contribution is 2.21. The van der Waals surface area contributed by atoms with Crippen molar-refractivity contribution in [3.05, 3.63) is 40.7 Å². The van der Waals surface area contributed by atoms with E-state index in [1.54, 1.807) is 11.3 Å². The highest BCUT2D eigenvalue weighted by molar-refractivity contribution is 7.09. The molecule has 0 spiro atoms. The minimum atomic E-state index is 0.298. The Morgan fingerprint density at radius 1 is 1.26 bits per heavy atom. The predicted octanol–water partition coefficient (Wildman–Crippen LogP) is 3.32. The molecule has 1 aromatic heterocycles. The van der Waals surface area contributed by atoms with Gasteiger partial charge in [0.15, 0.2) is 0 Å². The Morgan fingerprint density at radius 3 is 2.79 bits per heavy atom. The van der Waals surface area contributed by atoms with Crippen molar-refractivity contribution < 1.29 is 4.74 Å². The third-order valence-electron chi connectivity index (χ3n) is 2.63. The molecule has 102 valence electrons. The van der Waals surface area contributed by atoms with Crippen LogP contribution in [-0.4, -0.2) is 24.2 Å². The van der Waals surface area contributed by atoms with Crippen molar-refractivity contribution in [1.82, 2.24) is 10.3 Å². The SMILES string of the molecule is CC(C)OCCNCc1nc(-c2ccccc2)cs1. The highest BCUT2D eigenvalue weighted by atomic mass is 32.1. The quantitative estimate of drug-likeness (QED) is 0.788. The first-order valence-electron chi connectivity index (χ1n) is 6.58. The second-order valence-electron chi connectivity index (χ2n) is 4.59. The van der Waals surface area contributed by atoms with Gasteiger partial charge in [0, 0.05) is 24.0 Å². The first-order chi connectivity index (χ1) is 9.25. The Hall–Kier alpha value is -1.23. The van der Waals surface area contributed by atoms with Gasteiger partial charge in [-0.3, -0.25) is 0 Å². The summed E-state index contributed by atoms with van der Waals surface area (Å²) in [5.74, 6) is 0. The van der Waals surface area contributed by atoms with E-state index in [1.807, 2.05) is 32.0 Å². The van der Waals surface area contributed by atoms with E-state index >= 15 is 0 Å². The molecule has 19 heavy (non-hydrogen) atoms. The lowest BCUT2D eigenvalue weighted by molar-refractivity contribution is 0.0807. The normalized spacial score (nSPS) is 11.1. The minimum Gasteiger partial charge on any atom is -0.377 e. The minimum absolute atomic E-state index is 0.298. The summed E-state index contributed by atoms with van der Waals surface area (Å²) in [6, 6.07) is 10.3. The van der Waals surface area contributed by atoms with Gasteiger partial charge in [-0.15, -0.1) is 11.3 Å². The average molecular weight is 276 g/mol. The molecule has 0 amide bonds. The van der Waals surface area contributed by atoms with Gasteiger partial charge < -0.3 is 10.1 Å². The molecular weight excluding hydrogens is 256 g/mol. The van der Waals surface area contributed by atoms with Crippen LogP contribution >= 0.6 is 11.3 Å². The topological polar surface area (TPSA) is 34.1 Å². The maximum atomic E-state index is 5.47. The number of nitrogens with zero attached hydrogens (tertiary/aromatic N) is 1. The summed E-state index contributed by atoms with van der Waals surface area (Å²) in [5.41, 5.74) is 2.23. The molecule has 0 radical (unpaired) electrons. The van der Waals surface area contributed by atoms with E-state index < -0.39 is 0 Å². The summed E-state index contributed by atoms with van der Waals surface area (Å²) in [7, 11) is 0. The second-order valence-corrected chi connectivity index (χ2v) is 5.53. The Balaban J connectivity index is 1.78. The van der Waals surface area contributed by atoms with Crippen LogP contribution < -0.4 is 5.32 Å². The zero-order valence-electron chi connectivity index (χ0n) is 11.4. The summed E-state index contributed by atoms with van der Waals surface area (Å²) >= 11 is 1.69. The number of hydrogen-bond donors (Lipinski definition) is 1. The number of nitrogens with one attached hydrogen (secondary N) is 1. The van der Waals surface area contributed by atoms with Crippen LogP contribution in [0.25, 0.3) is 11.3 Å². The Bertz CT molecular complexity index is 482. The zero-order valence-corrected chi connectivity index (χ0v) is 12.2. The molecule has 0 unspecified atom stereocenters. The van der Waals surface area contributed by atoms with Crippen molar-refractivity contribution in [2.24, 2.45) is 0 Å². The molecule has 0 aliphatic heterocycles. The van der Waals surface area contributed by atoms with E-state index in [0.717, 1.165) is 30.4 Å². The number of hydrogen-bond acceptors (Lipinski definition) is 4. The van der Waals surface area contributed by atoms with Crippen LogP contribution in [0.2, 0.25) is 0 Å². The number of rotatable bonds is 7. The van der Waals surface area contributed by atoms with Crippen molar-refractivity contribution in [2.75, 3.05) is 13.2 Å². The van der Waals surface area contributed by atoms with Gasteiger partial charge in [-0.25, -0.2) is 4.98 Å². The monoisotopic (exact) mass is 276 g/mol. The van der Waals surface area contributed by atoms with E-state index in [9.17, 15) is 0 Å². The van der Waals surface area contributed by atoms with Gasteiger partial charge in [-0.1, -0.05) is 30.3 Å². The molecule has 0 fully saturated rings. The maximum absolute atomic E-state index is 5.47. The summed E-state index contributed by atoms with van der Waals surface area (Å²) in [5, 5.41) is 6.57. The van der Waals surface area contributed by atoms with Gasteiger partial charge in [-0.05, 0) is 13.8 Å². The van der Waals surface area contributed by atoms with Gasteiger partial charge >= 0.3 is 0 Å². The van der Waals surface area contributed by atoms with Crippen molar-refractivity contribution in [1.29, 1.82) is 0 Å². The molecule has 1 N–H and O–H groups in total. The van der Waals surface area contributed by atoms with Crippen LogP contribution in [0.4, 0.5) is 0 Å². The number of thiazole rings is 1. The molecule has 0 bridgehead atoms. The Labute approximate surface area is 118 Å². The van der Waals surface area contributed by atoms with Crippen molar-refractivity contribution in [3.63, 3.8) is 0 Å². The van der Waals surface area contributed by atoms with Gasteiger partial charge in [0.1, 0.15) is 5.01 Å². The highest BCUT2D eigenvalue weighted by Gasteiger charge is 2.03. The van der Waals surface area contributed by atoms with Gasteiger partial charge in [0.05, 0.1) is 18.4 Å². The summed E-state index contributed by atoms with van der Waals surface area (Å²) in [6.07, 6.45) is 0.298. The molecule has 1 aromatic carbocycles. The number of benzene rings is 1. The zero-order chi connectivity index (χ0) is 13.5. The van der Waals surface area contributed by atoms with E-state index in [1.165, 1.54) is 5.56 Å². The fourth-order valence-electron chi connectivity index (χ4n) is 1.70. The van der Waals surface area contributed by atoms with Crippen LogP contribution in [0, 0.1) is 0 Å². The molecule has 1 heterocycles. The maximum Gasteiger partial charge on any atom is 0.107 e. The first-order valence-corrected chi connectivity index (χ1v) is 7.46. The average Bonchev–Trinajstić information content (AvgIpc) is 2.88. The second kappa shape index (κ2) is 7.38. The summed E-state index contributed by atoms with van der Waals surface area (Å²) in [6.45, 7) is 6.51. The van der Waals surface area contributed by atoms with Gasteiger partial charge in [0.2, 0.25) is 0 Å². The molecule has 3 nitrogen and oxygen atoms in total. The number of ether oxygens (including phenoxy) is 1. The van der Waals surface area contributed by atoms with Crippen molar-refractivity contribution >= 4 is 11.3 Å². The molecule has 0 aliphatic carbocycles. The predicted molar refractivity (Wildman–Crippen MR) is 80.3 cm³/mol. The van der Waals surface area contributed by atoms with E-state index in [0.29, 0.717) is 6.10 Å². The molecule has 0 atom stereocenters. The smallest absolute Gasteiger partial charge is 0.107 e. The molecule has 0 aliphatic rings. The number of aromatic nitrogens is 1. The molecule has 4 heteroatoms. The van der Waals surface area contributed by atoms with E-state index in [4.69, 9.17) is 4.74 Å². The third-order valence-corrected chi connectivity index (χ3v) is 3.48. The lowest BCUT2D eigenvalue weighted by atomic mass is 10.2. The van der Waals surface area contributed by atoms with Crippen molar-refractivity contribution in [2.45, 2.75) is 26.5 Å². The lowest BCUT2D eigenvalue weighted by Gasteiger charge is -2.07. The van der Waals surface area contributed by atoms with Gasteiger partial charge in [0.25, 0.3) is 0 Å². The molecular formula is C15H20N2OS. The van der Waals surface area contributed by atoms with Crippen LogP contribution in [0.1, 0.15) is 18.9 Å². The Kier molecular flexibility index (Phi) is 5.51. The van der Waals surface area contributed by atoms with Crippen molar-refractivity contribution in [3.8, 4) is 11.3 Å².